The molecule has 0 spiro atoms. The third-order valence-electron chi connectivity index (χ3n) is 12.9. The van der Waals surface area contributed by atoms with Crippen molar-refractivity contribution in [3.8, 4) is 55.6 Å². The maximum absolute atomic E-state index is 2.49. The second kappa shape index (κ2) is 13.7. The van der Waals surface area contributed by atoms with Gasteiger partial charge in [0.25, 0.3) is 0 Å². The van der Waals surface area contributed by atoms with Gasteiger partial charge >= 0.3 is 0 Å². The van der Waals surface area contributed by atoms with Gasteiger partial charge in [-0.05, 0) is 102 Å². The van der Waals surface area contributed by atoms with Gasteiger partial charge in [0, 0.05) is 16.6 Å². The number of benzene rings is 10. The Bertz CT molecular complexity index is 3190. The van der Waals surface area contributed by atoms with Crippen molar-refractivity contribution in [3.63, 3.8) is 0 Å². The van der Waals surface area contributed by atoms with Crippen molar-refractivity contribution in [2.24, 2.45) is 0 Å². The summed E-state index contributed by atoms with van der Waals surface area (Å²) in [7, 11) is 0. The van der Waals surface area contributed by atoms with Crippen LogP contribution in [0, 0.1) is 0 Å². The second-order valence-electron chi connectivity index (χ2n) is 15.9. The first-order chi connectivity index (χ1) is 29.8. The summed E-state index contributed by atoms with van der Waals surface area (Å²) in [5, 5.41) is 2.55. The van der Waals surface area contributed by atoms with E-state index in [1.165, 1.54) is 88.7 Å². The number of rotatable bonds is 7. The topological polar surface area (TPSA) is 3.24 Å². The van der Waals surface area contributed by atoms with Crippen LogP contribution in [-0.4, -0.2) is 0 Å². The van der Waals surface area contributed by atoms with Gasteiger partial charge in [0.05, 0.1) is 16.8 Å². The molecule has 1 nitrogen and oxygen atoms in total. The van der Waals surface area contributed by atoms with E-state index in [0.29, 0.717) is 0 Å². The summed E-state index contributed by atoms with van der Waals surface area (Å²) in [5.74, 6) is 0. The Kier molecular flexibility index (Phi) is 7.83. The minimum Gasteiger partial charge on any atom is -0.309 e. The van der Waals surface area contributed by atoms with Gasteiger partial charge in [-0.1, -0.05) is 212 Å². The fourth-order valence-electron chi connectivity index (χ4n) is 10.5. The number of anilines is 3. The lowest BCUT2D eigenvalue weighted by molar-refractivity contribution is 0.768. The molecule has 0 bridgehead atoms. The van der Waals surface area contributed by atoms with Crippen LogP contribution in [0.2, 0.25) is 0 Å². The molecule has 0 saturated heterocycles. The SMILES string of the molecule is c1ccc(-c2ccccc2N(c2cccc(-c3cccc4c3-c3ccccc3C4(c3ccccc3)c3ccccc3)c2)c2ccc3c4c(cccc24)-c2ccccc2-3)cc1. The number of nitrogens with zero attached hydrogens (tertiary/aromatic N) is 1. The van der Waals surface area contributed by atoms with Crippen molar-refractivity contribution in [2.75, 3.05) is 4.90 Å². The Morgan fingerprint density at radius 3 is 1.55 bits per heavy atom. The Balaban J connectivity index is 1.11. The van der Waals surface area contributed by atoms with E-state index < -0.39 is 5.41 Å². The number of hydrogen-bond acceptors (Lipinski definition) is 1. The monoisotopic (exact) mass is 761 g/mol. The van der Waals surface area contributed by atoms with Crippen molar-refractivity contribution < 1.29 is 0 Å². The Morgan fingerprint density at radius 2 is 0.817 bits per heavy atom. The van der Waals surface area contributed by atoms with Crippen LogP contribution in [0.3, 0.4) is 0 Å². The maximum atomic E-state index is 2.49. The first-order valence-corrected chi connectivity index (χ1v) is 20.9. The second-order valence-corrected chi connectivity index (χ2v) is 15.9. The van der Waals surface area contributed by atoms with Gasteiger partial charge in [-0.2, -0.15) is 0 Å². The zero-order valence-electron chi connectivity index (χ0n) is 33.0. The van der Waals surface area contributed by atoms with Crippen LogP contribution in [0.5, 0.6) is 0 Å². The minimum atomic E-state index is -0.467. The molecular weight excluding hydrogens is 723 g/mol. The molecule has 0 heterocycles. The molecule has 0 unspecified atom stereocenters. The molecule has 0 aliphatic heterocycles. The van der Waals surface area contributed by atoms with Gasteiger partial charge in [0.1, 0.15) is 0 Å². The van der Waals surface area contributed by atoms with Crippen LogP contribution in [-0.2, 0) is 5.41 Å². The van der Waals surface area contributed by atoms with Crippen LogP contribution in [0.15, 0.2) is 237 Å². The largest absolute Gasteiger partial charge is 0.309 e. The molecule has 10 aromatic rings. The lowest BCUT2D eigenvalue weighted by Gasteiger charge is -2.34. The van der Waals surface area contributed by atoms with Crippen molar-refractivity contribution in [3.05, 3.63) is 259 Å². The molecule has 0 fully saturated rings. The molecule has 0 radical (unpaired) electrons. The minimum absolute atomic E-state index is 0.467. The highest BCUT2D eigenvalue weighted by Gasteiger charge is 2.46. The van der Waals surface area contributed by atoms with Gasteiger partial charge in [-0.3, -0.25) is 0 Å². The van der Waals surface area contributed by atoms with E-state index >= 15 is 0 Å². The fraction of sp³-hybridized carbons (Fsp3) is 0.0169. The van der Waals surface area contributed by atoms with E-state index in [0.717, 1.165) is 17.1 Å². The van der Waals surface area contributed by atoms with Crippen LogP contribution in [0.25, 0.3) is 66.4 Å². The fourth-order valence-corrected chi connectivity index (χ4v) is 10.5. The van der Waals surface area contributed by atoms with Gasteiger partial charge in [0.15, 0.2) is 0 Å². The molecule has 0 amide bonds. The highest BCUT2D eigenvalue weighted by atomic mass is 15.1. The molecule has 2 aliphatic rings. The molecular formula is C59H39N. The predicted molar refractivity (Wildman–Crippen MR) is 251 cm³/mol. The maximum Gasteiger partial charge on any atom is 0.0713 e. The zero-order valence-corrected chi connectivity index (χ0v) is 33.0. The summed E-state index contributed by atoms with van der Waals surface area (Å²) in [5.41, 5.74) is 20.6. The lowest BCUT2D eigenvalue weighted by atomic mass is 9.67. The van der Waals surface area contributed by atoms with E-state index in [1.807, 2.05) is 0 Å². The molecule has 0 saturated carbocycles. The van der Waals surface area contributed by atoms with E-state index in [4.69, 9.17) is 0 Å². The highest BCUT2D eigenvalue weighted by molar-refractivity contribution is 6.19. The van der Waals surface area contributed by atoms with E-state index in [9.17, 15) is 0 Å². The van der Waals surface area contributed by atoms with Crippen LogP contribution in [0.4, 0.5) is 17.1 Å². The first-order valence-electron chi connectivity index (χ1n) is 20.9. The van der Waals surface area contributed by atoms with Gasteiger partial charge in [-0.25, -0.2) is 0 Å². The summed E-state index contributed by atoms with van der Waals surface area (Å²) < 4.78 is 0. The Labute approximate surface area is 351 Å². The number of fused-ring (bicyclic) bond motifs is 6. The molecule has 12 rings (SSSR count). The lowest BCUT2D eigenvalue weighted by Crippen LogP contribution is -2.28. The van der Waals surface area contributed by atoms with Crippen LogP contribution >= 0.6 is 0 Å². The van der Waals surface area contributed by atoms with Crippen LogP contribution in [0.1, 0.15) is 22.3 Å². The van der Waals surface area contributed by atoms with Gasteiger partial charge in [-0.15, -0.1) is 0 Å². The third-order valence-corrected chi connectivity index (χ3v) is 12.9. The molecule has 10 aromatic carbocycles. The molecule has 0 N–H and O–H groups in total. The quantitative estimate of drug-likeness (QED) is 0.156. The van der Waals surface area contributed by atoms with Crippen molar-refractivity contribution in [1.82, 2.24) is 0 Å². The molecule has 0 atom stereocenters. The summed E-state index contributed by atoms with van der Waals surface area (Å²) in [6, 6.07) is 87.3. The van der Waals surface area contributed by atoms with Crippen molar-refractivity contribution >= 4 is 27.8 Å². The van der Waals surface area contributed by atoms with Crippen molar-refractivity contribution in [2.45, 2.75) is 5.41 Å². The Hall–Kier alpha value is -7.74. The van der Waals surface area contributed by atoms with Gasteiger partial charge < -0.3 is 4.90 Å². The summed E-state index contributed by atoms with van der Waals surface area (Å²) >= 11 is 0. The predicted octanol–water partition coefficient (Wildman–Crippen LogP) is 15.7. The number of para-hydroxylation sites is 1. The summed E-state index contributed by atoms with van der Waals surface area (Å²) in [6.07, 6.45) is 0. The van der Waals surface area contributed by atoms with Crippen LogP contribution < -0.4 is 4.90 Å². The van der Waals surface area contributed by atoms with Crippen molar-refractivity contribution in [1.29, 1.82) is 0 Å². The standard InChI is InChI=1S/C59H39N/c1-4-19-40(20-5-1)45-27-13-15-36-55(45)60(56-38-37-50-48-29-11-10-28-47(48)49-32-17-33-52(56)57(49)50)44-26-16-21-41(39-44)46-31-18-35-54-58(46)51-30-12-14-34-53(51)59(54,42-22-6-2-7-23-42)43-24-8-3-9-25-43/h1-39H. The first kappa shape index (κ1) is 34.3. The molecule has 280 valence electrons. The number of hydrogen-bond donors (Lipinski definition) is 0. The average molecular weight is 762 g/mol. The molecule has 2 aliphatic carbocycles. The molecule has 0 aromatic heterocycles. The van der Waals surface area contributed by atoms with E-state index in [1.54, 1.807) is 0 Å². The summed E-state index contributed by atoms with van der Waals surface area (Å²) in [4.78, 5) is 2.49. The Morgan fingerprint density at radius 1 is 0.300 bits per heavy atom. The molecule has 60 heavy (non-hydrogen) atoms. The van der Waals surface area contributed by atoms with E-state index in [-0.39, 0.29) is 0 Å². The third kappa shape index (κ3) is 4.99. The smallest absolute Gasteiger partial charge is 0.0713 e. The van der Waals surface area contributed by atoms with Gasteiger partial charge in [0.2, 0.25) is 0 Å². The normalized spacial score (nSPS) is 12.8. The highest BCUT2D eigenvalue weighted by Crippen LogP contribution is 2.59. The van der Waals surface area contributed by atoms with E-state index in [2.05, 4.69) is 241 Å². The molecule has 1 heteroatoms. The zero-order chi connectivity index (χ0) is 39.6. The average Bonchev–Trinajstić information content (AvgIpc) is 3.82. The summed E-state index contributed by atoms with van der Waals surface area (Å²) in [6.45, 7) is 0.